The summed E-state index contributed by atoms with van der Waals surface area (Å²) in [6.07, 6.45) is 1.69. The van der Waals surface area contributed by atoms with Crippen LogP contribution in [-0.4, -0.2) is 21.0 Å². The third-order valence-corrected chi connectivity index (χ3v) is 4.09. The van der Waals surface area contributed by atoms with E-state index in [9.17, 15) is 13.2 Å². The van der Waals surface area contributed by atoms with E-state index in [0.29, 0.717) is 5.92 Å². The van der Waals surface area contributed by atoms with Crippen molar-refractivity contribution in [2.24, 2.45) is 11.1 Å². The maximum absolute atomic E-state index is 11.6. The summed E-state index contributed by atoms with van der Waals surface area (Å²) in [5, 5.41) is 4.96. The molecule has 108 valence electrons. The number of esters is 1. The lowest BCUT2D eigenvalue weighted by atomic mass is 10.1. The number of sulfonamides is 1. The number of rotatable bonds is 6. The van der Waals surface area contributed by atoms with Crippen LogP contribution in [0.5, 0.6) is 0 Å². The highest BCUT2D eigenvalue weighted by molar-refractivity contribution is 9.10. The minimum atomic E-state index is -3.93. The van der Waals surface area contributed by atoms with Gasteiger partial charge in [-0.25, -0.2) is 18.4 Å². The number of nitrogens with two attached hydrogens (primary N) is 1. The summed E-state index contributed by atoms with van der Waals surface area (Å²) in [7, 11) is -3.93. The summed E-state index contributed by atoms with van der Waals surface area (Å²) < 4.78 is 32.1. The van der Waals surface area contributed by atoms with Crippen LogP contribution in [0, 0.1) is 5.92 Å². The second-order valence-electron chi connectivity index (χ2n) is 4.47. The molecule has 1 aromatic rings. The number of primary sulfonamides is 1. The Bertz CT molecular complexity index is 549. The molecule has 0 amide bonds. The van der Waals surface area contributed by atoms with E-state index in [1.165, 1.54) is 0 Å². The molecule has 6 nitrogen and oxygen atoms in total. The van der Waals surface area contributed by atoms with E-state index in [4.69, 9.17) is 14.3 Å². The average molecular weight is 354 g/mol. The highest BCUT2D eigenvalue weighted by Crippen LogP contribution is 2.25. The van der Waals surface area contributed by atoms with Crippen molar-refractivity contribution < 1.29 is 22.4 Å². The highest BCUT2D eigenvalue weighted by Gasteiger charge is 2.22. The number of halogens is 1. The van der Waals surface area contributed by atoms with Crippen molar-refractivity contribution in [3.8, 4) is 0 Å². The van der Waals surface area contributed by atoms with Crippen molar-refractivity contribution in [3.63, 3.8) is 0 Å². The Morgan fingerprint density at radius 1 is 1.53 bits per heavy atom. The SMILES string of the molecule is CC(C)CCCOC(=O)c1cc(S(N)(=O)=O)c(Br)o1. The van der Waals surface area contributed by atoms with Gasteiger partial charge in [0.15, 0.2) is 4.67 Å². The van der Waals surface area contributed by atoms with Gasteiger partial charge in [-0.2, -0.15) is 0 Å². The van der Waals surface area contributed by atoms with E-state index in [2.05, 4.69) is 29.8 Å². The number of hydrogen-bond acceptors (Lipinski definition) is 5. The summed E-state index contributed by atoms with van der Waals surface area (Å²) in [6.45, 7) is 4.41. The molecule has 0 aliphatic rings. The van der Waals surface area contributed by atoms with Gasteiger partial charge < -0.3 is 9.15 Å². The zero-order valence-electron chi connectivity index (χ0n) is 10.7. The monoisotopic (exact) mass is 353 g/mol. The fourth-order valence-electron chi connectivity index (χ4n) is 1.37. The summed E-state index contributed by atoms with van der Waals surface area (Å²) in [5.74, 6) is -0.370. The van der Waals surface area contributed by atoms with Gasteiger partial charge in [0.1, 0.15) is 4.90 Å². The molecule has 0 radical (unpaired) electrons. The van der Waals surface area contributed by atoms with Crippen LogP contribution in [-0.2, 0) is 14.8 Å². The predicted octanol–water partition coefficient (Wildman–Crippen LogP) is 2.28. The molecular formula is C11H16BrNO5S. The van der Waals surface area contributed by atoms with E-state index in [1.807, 2.05) is 0 Å². The molecule has 0 aliphatic carbocycles. The Labute approximate surface area is 120 Å². The van der Waals surface area contributed by atoms with Gasteiger partial charge in [0.25, 0.3) is 0 Å². The average Bonchev–Trinajstić information content (AvgIpc) is 2.66. The van der Waals surface area contributed by atoms with Crippen LogP contribution >= 0.6 is 15.9 Å². The van der Waals surface area contributed by atoms with Gasteiger partial charge in [0.05, 0.1) is 6.61 Å². The minimum Gasteiger partial charge on any atom is -0.460 e. The smallest absolute Gasteiger partial charge is 0.374 e. The second kappa shape index (κ2) is 6.53. The van der Waals surface area contributed by atoms with Gasteiger partial charge in [-0.3, -0.25) is 0 Å². The van der Waals surface area contributed by atoms with Crippen LogP contribution in [0.25, 0.3) is 0 Å². The van der Waals surface area contributed by atoms with E-state index in [0.717, 1.165) is 18.9 Å². The molecule has 0 aromatic carbocycles. The highest BCUT2D eigenvalue weighted by atomic mass is 79.9. The van der Waals surface area contributed by atoms with Crippen LogP contribution in [0.3, 0.4) is 0 Å². The number of carbonyl (C=O) groups excluding carboxylic acids is 1. The molecule has 0 unspecified atom stereocenters. The van der Waals surface area contributed by atoms with E-state index < -0.39 is 16.0 Å². The van der Waals surface area contributed by atoms with Gasteiger partial charge >= 0.3 is 5.97 Å². The van der Waals surface area contributed by atoms with Crippen LogP contribution in [0.2, 0.25) is 0 Å². The predicted molar refractivity (Wildman–Crippen MR) is 72.1 cm³/mol. The molecule has 1 rings (SSSR count). The first-order valence-electron chi connectivity index (χ1n) is 5.71. The van der Waals surface area contributed by atoms with Crippen molar-refractivity contribution in [3.05, 3.63) is 16.5 Å². The third kappa shape index (κ3) is 4.96. The molecule has 0 saturated carbocycles. The Morgan fingerprint density at radius 2 is 2.16 bits per heavy atom. The van der Waals surface area contributed by atoms with Gasteiger partial charge in [-0.1, -0.05) is 13.8 Å². The molecule has 0 aliphatic heterocycles. The summed E-state index contributed by atoms with van der Waals surface area (Å²) in [4.78, 5) is 11.3. The number of furan rings is 1. The molecule has 19 heavy (non-hydrogen) atoms. The molecule has 0 saturated heterocycles. The normalized spacial score (nSPS) is 11.8. The molecule has 1 aromatic heterocycles. The third-order valence-electron chi connectivity index (χ3n) is 2.32. The van der Waals surface area contributed by atoms with Gasteiger partial charge in [0, 0.05) is 6.07 Å². The van der Waals surface area contributed by atoms with Crippen LogP contribution in [0.15, 0.2) is 20.0 Å². The lowest BCUT2D eigenvalue weighted by Crippen LogP contribution is -2.11. The van der Waals surface area contributed by atoms with Crippen molar-refractivity contribution in [2.75, 3.05) is 6.61 Å². The quantitative estimate of drug-likeness (QED) is 0.624. The zero-order chi connectivity index (χ0) is 14.6. The fourth-order valence-corrected chi connectivity index (χ4v) is 2.88. The molecule has 1 heterocycles. The van der Waals surface area contributed by atoms with Crippen LogP contribution in [0.4, 0.5) is 0 Å². The standard InChI is InChI=1S/C11H16BrNO5S/c1-7(2)4-3-5-17-11(14)8-6-9(10(12)18-8)19(13,15)16/h6-7H,3-5H2,1-2H3,(H2,13,15,16). The fraction of sp³-hybridized carbons (Fsp3) is 0.545. The number of carbonyl (C=O) groups is 1. The Kier molecular flexibility index (Phi) is 5.57. The van der Waals surface area contributed by atoms with Crippen LogP contribution < -0.4 is 5.14 Å². The zero-order valence-corrected chi connectivity index (χ0v) is 13.1. The maximum Gasteiger partial charge on any atom is 0.374 e. The van der Waals surface area contributed by atoms with E-state index in [1.54, 1.807) is 0 Å². The van der Waals surface area contributed by atoms with Crippen molar-refractivity contribution in [1.29, 1.82) is 0 Å². The van der Waals surface area contributed by atoms with E-state index >= 15 is 0 Å². The lowest BCUT2D eigenvalue weighted by Gasteiger charge is -2.04. The van der Waals surface area contributed by atoms with Gasteiger partial charge in [0.2, 0.25) is 15.8 Å². The molecule has 0 bridgehead atoms. The second-order valence-corrected chi connectivity index (χ2v) is 6.72. The summed E-state index contributed by atoms with van der Waals surface area (Å²) >= 11 is 2.89. The Morgan fingerprint density at radius 3 is 2.63 bits per heavy atom. The maximum atomic E-state index is 11.6. The lowest BCUT2D eigenvalue weighted by molar-refractivity contribution is 0.0457. The minimum absolute atomic E-state index is 0.107. The largest absolute Gasteiger partial charge is 0.460 e. The number of ether oxygens (including phenoxy) is 1. The molecule has 0 fully saturated rings. The van der Waals surface area contributed by atoms with Gasteiger partial charge in [-0.15, -0.1) is 0 Å². The molecule has 8 heteroatoms. The molecule has 0 atom stereocenters. The van der Waals surface area contributed by atoms with E-state index in [-0.39, 0.29) is 21.9 Å². The molecular weight excluding hydrogens is 338 g/mol. The molecule has 2 N–H and O–H groups in total. The van der Waals surface area contributed by atoms with Crippen molar-refractivity contribution in [1.82, 2.24) is 0 Å². The van der Waals surface area contributed by atoms with Crippen LogP contribution in [0.1, 0.15) is 37.2 Å². The first kappa shape index (κ1) is 16.2. The summed E-state index contributed by atoms with van der Waals surface area (Å²) in [6, 6.07) is 1.05. The topological polar surface area (TPSA) is 99.6 Å². The van der Waals surface area contributed by atoms with Crippen molar-refractivity contribution in [2.45, 2.75) is 31.6 Å². The van der Waals surface area contributed by atoms with Gasteiger partial charge in [-0.05, 0) is 34.7 Å². The first-order valence-corrected chi connectivity index (χ1v) is 8.05. The Hall–Kier alpha value is -0.860. The molecule has 0 spiro atoms. The summed E-state index contributed by atoms with van der Waals surface area (Å²) in [5.41, 5.74) is 0. The first-order chi connectivity index (χ1) is 8.71. The number of hydrogen-bond donors (Lipinski definition) is 1. The Balaban J connectivity index is 2.64. The van der Waals surface area contributed by atoms with Crippen molar-refractivity contribution >= 4 is 31.9 Å².